The first-order valence-electron chi connectivity index (χ1n) is 8.25. The summed E-state index contributed by atoms with van der Waals surface area (Å²) >= 11 is 0. The molecule has 0 aliphatic rings. The maximum absolute atomic E-state index is 12.0. The summed E-state index contributed by atoms with van der Waals surface area (Å²) in [5, 5.41) is 2.75. The van der Waals surface area contributed by atoms with Crippen molar-refractivity contribution in [1.29, 1.82) is 0 Å². The summed E-state index contributed by atoms with van der Waals surface area (Å²) in [6, 6.07) is 12.1. The summed E-state index contributed by atoms with van der Waals surface area (Å²) in [6.45, 7) is 4.17. The Morgan fingerprint density at radius 2 is 1.76 bits per heavy atom. The average Bonchev–Trinajstić information content (AvgIpc) is 3.12. The molecule has 0 bridgehead atoms. The van der Waals surface area contributed by atoms with Crippen molar-refractivity contribution in [2.45, 2.75) is 39.3 Å². The highest BCUT2D eigenvalue weighted by atomic mass is 16.5. The third kappa shape index (κ3) is 5.87. The summed E-state index contributed by atoms with van der Waals surface area (Å²) < 4.78 is 11.0. The maximum atomic E-state index is 12.0. The minimum atomic E-state index is -0.536. The summed E-state index contributed by atoms with van der Waals surface area (Å²) in [5.74, 6) is 0.778. The normalized spacial score (nSPS) is 10.4. The van der Waals surface area contributed by atoms with Crippen LogP contribution in [0.2, 0.25) is 0 Å². The van der Waals surface area contributed by atoms with E-state index in [1.807, 2.05) is 44.2 Å². The van der Waals surface area contributed by atoms with Gasteiger partial charge in [0.15, 0.2) is 5.76 Å². The van der Waals surface area contributed by atoms with Gasteiger partial charge in [0.1, 0.15) is 18.1 Å². The van der Waals surface area contributed by atoms with Gasteiger partial charge in [-0.05, 0) is 37.1 Å². The van der Waals surface area contributed by atoms with Gasteiger partial charge in [-0.1, -0.05) is 32.0 Å². The quantitative estimate of drug-likeness (QED) is 0.673. The molecule has 3 N–H and O–H groups in total. The highest BCUT2D eigenvalue weighted by molar-refractivity contribution is 5.92. The van der Waals surface area contributed by atoms with Crippen LogP contribution in [-0.4, -0.2) is 18.0 Å². The number of furan rings is 1. The third-order valence-electron chi connectivity index (χ3n) is 3.62. The number of hydrogen-bond acceptors (Lipinski definition) is 4. The van der Waals surface area contributed by atoms with Crippen LogP contribution in [0.1, 0.15) is 43.0 Å². The SMILES string of the molecule is CCC(CC)NC(=O)NNC(=O)c1ccc(COc2ccccc2)o1. The van der Waals surface area contributed by atoms with Crippen LogP contribution >= 0.6 is 0 Å². The number of carbonyl (C=O) groups is 2. The fourth-order valence-electron chi connectivity index (χ4n) is 2.14. The standard InChI is InChI=1S/C18H23N3O4/c1-3-13(4-2)19-18(23)21-20-17(22)16-11-10-15(25-16)12-24-14-8-6-5-7-9-14/h5-11,13H,3-4,12H2,1-2H3,(H,20,22)(H2,19,21,23). The Kier molecular flexibility index (Phi) is 6.88. The zero-order chi connectivity index (χ0) is 18.1. The fourth-order valence-corrected chi connectivity index (χ4v) is 2.14. The molecule has 7 heteroatoms. The first kappa shape index (κ1) is 18.4. The average molecular weight is 345 g/mol. The molecule has 2 rings (SSSR count). The second-order valence-electron chi connectivity index (χ2n) is 5.43. The molecule has 0 aliphatic carbocycles. The van der Waals surface area contributed by atoms with E-state index in [1.165, 1.54) is 6.07 Å². The second-order valence-corrected chi connectivity index (χ2v) is 5.43. The van der Waals surface area contributed by atoms with Crippen molar-refractivity contribution in [2.24, 2.45) is 0 Å². The molecule has 0 unspecified atom stereocenters. The smallest absolute Gasteiger partial charge is 0.333 e. The van der Waals surface area contributed by atoms with Crippen LogP contribution in [0.25, 0.3) is 0 Å². The van der Waals surface area contributed by atoms with Crippen molar-refractivity contribution in [3.63, 3.8) is 0 Å². The Labute approximate surface area is 146 Å². The Balaban J connectivity index is 1.78. The van der Waals surface area contributed by atoms with Crippen LogP contribution in [0.15, 0.2) is 46.9 Å². The lowest BCUT2D eigenvalue weighted by Gasteiger charge is -2.15. The van der Waals surface area contributed by atoms with Gasteiger partial charge in [0.2, 0.25) is 0 Å². The second kappa shape index (κ2) is 9.36. The number of benzene rings is 1. The Bertz CT molecular complexity index is 681. The fraction of sp³-hybridized carbons (Fsp3) is 0.333. The number of hydrogen-bond donors (Lipinski definition) is 3. The van der Waals surface area contributed by atoms with Gasteiger partial charge in [0.25, 0.3) is 0 Å². The number of nitrogens with one attached hydrogen (secondary N) is 3. The van der Waals surface area contributed by atoms with Gasteiger partial charge in [-0.2, -0.15) is 0 Å². The molecule has 7 nitrogen and oxygen atoms in total. The molecule has 0 saturated heterocycles. The van der Waals surface area contributed by atoms with Gasteiger partial charge in [-0.25, -0.2) is 10.2 Å². The monoisotopic (exact) mass is 345 g/mol. The number of amides is 3. The number of ether oxygens (including phenoxy) is 1. The largest absolute Gasteiger partial charge is 0.486 e. The number of rotatable bonds is 7. The van der Waals surface area contributed by atoms with Gasteiger partial charge < -0.3 is 14.5 Å². The van der Waals surface area contributed by atoms with E-state index in [-0.39, 0.29) is 18.4 Å². The third-order valence-corrected chi connectivity index (χ3v) is 3.62. The van der Waals surface area contributed by atoms with E-state index in [1.54, 1.807) is 6.07 Å². The molecule has 1 aromatic heterocycles. The molecule has 0 aliphatic heterocycles. The van der Waals surface area contributed by atoms with Crippen LogP contribution in [-0.2, 0) is 6.61 Å². The Morgan fingerprint density at radius 3 is 2.44 bits per heavy atom. The molecular formula is C18H23N3O4. The van der Waals surface area contributed by atoms with E-state index in [0.29, 0.717) is 11.5 Å². The molecule has 0 spiro atoms. The first-order valence-corrected chi connectivity index (χ1v) is 8.25. The van der Waals surface area contributed by atoms with Crippen LogP contribution in [0, 0.1) is 0 Å². The van der Waals surface area contributed by atoms with Crippen molar-refractivity contribution in [3.05, 3.63) is 54.0 Å². The van der Waals surface area contributed by atoms with Gasteiger partial charge in [0.05, 0.1) is 0 Å². The lowest BCUT2D eigenvalue weighted by molar-refractivity contribution is 0.0904. The molecule has 1 aromatic carbocycles. The van der Waals surface area contributed by atoms with Crippen molar-refractivity contribution < 1.29 is 18.7 Å². The Hall–Kier alpha value is -2.96. The molecule has 0 fully saturated rings. The van der Waals surface area contributed by atoms with Crippen LogP contribution < -0.4 is 20.9 Å². The molecule has 1 heterocycles. The molecule has 0 radical (unpaired) electrons. The van der Waals surface area contributed by atoms with E-state index in [9.17, 15) is 9.59 Å². The number of urea groups is 1. The zero-order valence-corrected chi connectivity index (χ0v) is 14.4. The van der Waals surface area contributed by atoms with E-state index in [2.05, 4.69) is 16.2 Å². The molecular weight excluding hydrogens is 322 g/mol. The van der Waals surface area contributed by atoms with Gasteiger partial charge in [0, 0.05) is 6.04 Å². The summed E-state index contributed by atoms with van der Waals surface area (Å²) in [7, 11) is 0. The van der Waals surface area contributed by atoms with Crippen molar-refractivity contribution in [1.82, 2.24) is 16.2 Å². The highest BCUT2D eigenvalue weighted by Crippen LogP contribution is 2.13. The molecule has 25 heavy (non-hydrogen) atoms. The predicted octanol–water partition coefficient (Wildman–Crippen LogP) is 2.99. The minimum absolute atomic E-state index is 0.0715. The summed E-state index contributed by atoms with van der Waals surface area (Å²) in [5.41, 5.74) is 4.61. The van der Waals surface area contributed by atoms with Gasteiger partial charge >= 0.3 is 11.9 Å². The minimum Gasteiger partial charge on any atom is -0.486 e. The topological polar surface area (TPSA) is 92.6 Å². The maximum Gasteiger partial charge on any atom is 0.333 e. The number of para-hydroxylation sites is 1. The number of carbonyl (C=O) groups excluding carboxylic acids is 2. The van der Waals surface area contributed by atoms with Crippen molar-refractivity contribution >= 4 is 11.9 Å². The van der Waals surface area contributed by atoms with Crippen LogP contribution in [0.4, 0.5) is 4.79 Å². The number of hydrazine groups is 1. The van der Waals surface area contributed by atoms with E-state index >= 15 is 0 Å². The Morgan fingerprint density at radius 1 is 1.04 bits per heavy atom. The van der Waals surface area contributed by atoms with Crippen LogP contribution in [0.3, 0.4) is 0 Å². The highest BCUT2D eigenvalue weighted by Gasteiger charge is 2.13. The summed E-state index contributed by atoms with van der Waals surface area (Å²) in [6.07, 6.45) is 1.64. The van der Waals surface area contributed by atoms with Crippen molar-refractivity contribution in [2.75, 3.05) is 0 Å². The molecule has 0 atom stereocenters. The predicted molar refractivity (Wildman–Crippen MR) is 93.0 cm³/mol. The van der Waals surface area contributed by atoms with Crippen LogP contribution in [0.5, 0.6) is 5.75 Å². The van der Waals surface area contributed by atoms with Crippen molar-refractivity contribution in [3.8, 4) is 5.75 Å². The lowest BCUT2D eigenvalue weighted by atomic mass is 10.2. The molecule has 0 saturated carbocycles. The van der Waals surface area contributed by atoms with Gasteiger partial charge in [-0.3, -0.25) is 10.2 Å². The van der Waals surface area contributed by atoms with E-state index in [0.717, 1.165) is 12.8 Å². The molecule has 2 aromatic rings. The first-order chi connectivity index (χ1) is 12.1. The molecule has 134 valence electrons. The molecule has 3 amide bonds. The lowest BCUT2D eigenvalue weighted by Crippen LogP contribution is -2.49. The van der Waals surface area contributed by atoms with E-state index < -0.39 is 11.9 Å². The zero-order valence-electron chi connectivity index (χ0n) is 14.4. The van der Waals surface area contributed by atoms with Gasteiger partial charge in [-0.15, -0.1) is 0 Å². The van der Waals surface area contributed by atoms with E-state index in [4.69, 9.17) is 9.15 Å². The summed E-state index contributed by atoms with van der Waals surface area (Å²) in [4.78, 5) is 23.7.